The van der Waals surface area contributed by atoms with Gasteiger partial charge in [-0.1, -0.05) is 12.2 Å². The number of hydrogen-bond donors (Lipinski definition) is 1. The first-order valence-electron chi connectivity index (χ1n) is 4.56. The Kier molecular flexibility index (Phi) is 4.31. The van der Waals surface area contributed by atoms with E-state index in [1.807, 2.05) is 24.8 Å². The van der Waals surface area contributed by atoms with E-state index in [4.69, 9.17) is 17.0 Å². The fourth-order valence-corrected chi connectivity index (χ4v) is 1.46. The second-order valence-electron chi connectivity index (χ2n) is 3.51. The molecule has 0 aromatic carbocycles. The van der Waals surface area contributed by atoms with Crippen LogP contribution in [0.4, 0.5) is 0 Å². The third-order valence-corrected chi connectivity index (χ3v) is 2.25. The fraction of sp³-hybridized carbons (Fsp3) is 0.667. The third-order valence-electron chi connectivity index (χ3n) is 1.91. The molecule has 0 aliphatic rings. The van der Waals surface area contributed by atoms with Crippen molar-refractivity contribution in [3.05, 3.63) is 16.4 Å². The van der Waals surface area contributed by atoms with Crippen LogP contribution < -0.4 is 0 Å². The number of H-pyrrole nitrogens is 1. The summed E-state index contributed by atoms with van der Waals surface area (Å²) < 4.78 is 7.81. The van der Waals surface area contributed by atoms with Crippen LogP contribution in [-0.2, 0) is 17.9 Å². The highest BCUT2D eigenvalue weighted by Crippen LogP contribution is 2.00. The van der Waals surface area contributed by atoms with Gasteiger partial charge >= 0.3 is 0 Å². The van der Waals surface area contributed by atoms with Gasteiger partial charge in [0.15, 0.2) is 0 Å². The lowest BCUT2D eigenvalue weighted by Crippen LogP contribution is -2.19. The minimum absolute atomic E-state index is 0.582. The molecular formula is C9H17N3OS. The first-order chi connectivity index (χ1) is 6.63. The molecule has 0 atom stereocenters. The van der Waals surface area contributed by atoms with Gasteiger partial charge in [-0.2, -0.15) is 0 Å². The Balaban J connectivity index is 2.63. The van der Waals surface area contributed by atoms with Gasteiger partial charge in [0.1, 0.15) is 4.64 Å². The molecule has 5 heteroatoms. The number of hydrogen-bond acceptors (Lipinski definition) is 3. The van der Waals surface area contributed by atoms with E-state index >= 15 is 0 Å². The van der Waals surface area contributed by atoms with E-state index in [-0.39, 0.29) is 0 Å². The molecule has 14 heavy (non-hydrogen) atoms. The average Bonchev–Trinajstić information content (AvgIpc) is 2.44. The van der Waals surface area contributed by atoms with Crippen molar-refractivity contribution >= 4 is 12.2 Å². The Bertz CT molecular complexity index is 329. The quantitative estimate of drug-likeness (QED) is 0.751. The van der Waals surface area contributed by atoms with E-state index in [9.17, 15) is 0 Å². The monoisotopic (exact) mass is 215 g/mol. The molecule has 1 heterocycles. The molecule has 1 rings (SSSR count). The number of likely N-dealkylation sites (N-methyl/N-ethyl adjacent to an activating group) is 1. The number of ether oxygens (including phenoxy) is 1. The van der Waals surface area contributed by atoms with Crippen molar-refractivity contribution in [3.8, 4) is 0 Å². The lowest BCUT2D eigenvalue weighted by molar-refractivity contribution is 0.180. The molecule has 0 fully saturated rings. The summed E-state index contributed by atoms with van der Waals surface area (Å²) in [5, 5.41) is 3.20. The van der Waals surface area contributed by atoms with Crippen LogP contribution in [0.15, 0.2) is 6.07 Å². The Morgan fingerprint density at radius 1 is 1.57 bits per heavy atom. The highest BCUT2D eigenvalue weighted by atomic mass is 32.1. The van der Waals surface area contributed by atoms with Crippen LogP contribution in [0.5, 0.6) is 0 Å². The van der Waals surface area contributed by atoms with Crippen LogP contribution in [0.2, 0.25) is 0 Å². The van der Waals surface area contributed by atoms with E-state index in [1.165, 1.54) is 0 Å². The summed E-state index contributed by atoms with van der Waals surface area (Å²) in [7, 11) is 5.76. The van der Waals surface area contributed by atoms with Crippen molar-refractivity contribution in [2.45, 2.75) is 13.2 Å². The molecule has 1 N–H and O–H groups in total. The maximum atomic E-state index is 5.20. The van der Waals surface area contributed by atoms with E-state index in [0.29, 0.717) is 6.61 Å². The molecule has 0 amide bonds. The highest BCUT2D eigenvalue weighted by Gasteiger charge is 1.99. The van der Waals surface area contributed by atoms with Gasteiger partial charge in [-0.15, -0.1) is 0 Å². The lowest BCUT2D eigenvalue weighted by atomic mass is 10.5. The van der Waals surface area contributed by atoms with Crippen LogP contribution in [0, 0.1) is 4.64 Å². The van der Waals surface area contributed by atoms with E-state index in [2.05, 4.69) is 10.00 Å². The molecular weight excluding hydrogens is 198 g/mol. The third kappa shape index (κ3) is 3.25. The second kappa shape index (κ2) is 5.29. The van der Waals surface area contributed by atoms with Gasteiger partial charge in [0.05, 0.1) is 18.8 Å². The molecule has 0 bridgehead atoms. The van der Waals surface area contributed by atoms with Gasteiger partial charge in [0, 0.05) is 13.7 Å². The fourth-order valence-electron chi connectivity index (χ4n) is 1.18. The number of aromatic amines is 1. The van der Waals surface area contributed by atoms with Crippen LogP contribution in [0.1, 0.15) is 5.69 Å². The molecule has 4 nitrogen and oxygen atoms in total. The number of nitrogens with one attached hydrogen (secondary N) is 1. The molecule has 0 saturated heterocycles. The molecule has 0 spiro atoms. The first kappa shape index (κ1) is 11.4. The SMILES string of the molecule is COCc1cc(=S)n(CCN(C)C)[nH]1. The first-order valence-corrected chi connectivity index (χ1v) is 4.96. The molecule has 1 aromatic rings. The summed E-state index contributed by atoms with van der Waals surface area (Å²) in [5.41, 5.74) is 1.02. The van der Waals surface area contributed by atoms with Crippen molar-refractivity contribution in [2.24, 2.45) is 0 Å². The van der Waals surface area contributed by atoms with Gasteiger partial charge in [-0.25, -0.2) is 0 Å². The largest absolute Gasteiger partial charge is 0.378 e. The molecule has 0 saturated carbocycles. The zero-order valence-corrected chi connectivity index (χ0v) is 9.73. The maximum absolute atomic E-state index is 5.20. The van der Waals surface area contributed by atoms with Gasteiger partial charge in [-0.3, -0.25) is 9.78 Å². The summed E-state index contributed by atoms with van der Waals surface area (Å²) in [6.07, 6.45) is 0. The summed E-state index contributed by atoms with van der Waals surface area (Å²) in [6.45, 7) is 2.44. The van der Waals surface area contributed by atoms with E-state index in [1.54, 1.807) is 7.11 Å². The van der Waals surface area contributed by atoms with E-state index in [0.717, 1.165) is 23.4 Å². The zero-order valence-electron chi connectivity index (χ0n) is 8.91. The average molecular weight is 215 g/mol. The summed E-state index contributed by atoms with van der Waals surface area (Å²) in [4.78, 5) is 2.12. The lowest BCUT2D eigenvalue weighted by Gasteiger charge is -2.09. The standard InChI is InChI=1S/C9H17N3OS/c1-11(2)4-5-12-9(14)6-8(10-12)7-13-3/h6,10H,4-5,7H2,1-3H3. The summed E-state index contributed by atoms with van der Waals surface area (Å²) in [6, 6.07) is 1.94. The Morgan fingerprint density at radius 3 is 2.86 bits per heavy atom. The number of nitrogens with zero attached hydrogens (tertiary/aromatic N) is 2. The van der Waals surface area contributed by atoms with Crippen LogP contribution >= 0.6 is 12.2 Å². The van der Waals surface area contributed by atoms with Gasteiger partial charge in [-0.05, 0) is 20.2 Å². The normalized spacial score (nSPS) is 11.1. The number of rotatable bonds is 5. The Labute approximate surface area is 89.5 Å². The Morgan fingerprint density at radius 2 is 2.29 bits per heavy atom. The Hall–Kier alpha value is -0.650. The predicted octanol–water partition coefficient (Wildman–Crippen LogP) is 1.25. The summed E-state index contributed by atoms with van der Waals surface area (Å²) >= 11 is 5.20. The van der Waals surface area contributed by atoms with E-state index < -0.39 is 0 Å². The minimum atomic E-state index is 0.582. The minimum Gasteiger partial charge on any atom is -0.378 e. The molecule has 80 valence electrons. The van der Waals surface area contributed by atoms with Crippen LogP contribution in [0.25, 0.3) is 0 Å². The van der Waals surface area contributed by atoms with Crippen LogP contribution in [0.3, 0.4) is 0 Å². The van der Waals surface area contributed by atoms with Gasteiger partial charge < -0.3 is 9.64 Å². The number of methoxy groups -OCH3 is 1. The molecule has 1 aromatic heterocycles. The zero-order chi connectivity index (χ0) is 10.6. The van der Waals surface area contributed by atoms with Gasteiger partial charge in [0.2, 0.25) is 0 Å². The van der Waals surface area contributed by atoms with Crippen molar-refractivity contribution in [1.82, 2.24) is 14.7 Å². The van der Waals surface area contributed by atoms with Gasteiger partial charge in [0.25, 0.3) is 0 Å². The molecule has 0 unspecified atom stereocenters. The van der Waals surface area contributed by atoms with Crippen molar-refractivity contribution in [1.29, 1.82) is 0 Å². The van der Waals surface area contributed by atoms with Crippen molar-refractivity contribution in [2.75, 3.05) is 27.7 Å². The molecule has 0 aliphatic heterocycles. The summed E-state index contributed by atoms with van der Waals surface area (Å²) in [5.74, 6) is 0. The topological polar surface area (TPSA) is 33.2 Å². The smallest absolute Gasteiger partial charge is 0.122 e. The van der Waals surface area contributed by atoms with Crippen molar-refractivity contribution < 1.29 is 4.74 Å². The second-order valence-corrected chi connectivity index (χ2v) is 3.93. The predicted molar refractivity (Wildman–Crippen MR) is 58.9 cm³/mol. The number of aromatic nitrogens is 2. The maximum Gasteiger partial charge on any atom is 0.122 e. The van der Waals surface area contributed by atoms with Crippen molar-refractivity contribution in [3.63, 3.8) is 0 Å². The highest BCUT2D eigenvalue weighted by molar-refractivity contribution is 7.71. The van der Waals surface area contributed by atoms with Crippen LogP contribution in [-0.4, -0.2) is 42.4 Å². The molecule has 0 radical (unpaired) electrons. The molecule has 0 aliphatic carbocycles.